The minimum atomic E-state index is -0.0111. The highest BCUT2D eigenvalue weighted by atomic mass is 35.5. The van der Waals surface area contributed by atoms with Crippen molar-refractivity contribution in [1.29, 1.82) is 0 Å². The van der Waals surface area contributed by atoms with E-state index >= 15 is 0 Å². The van der Waals surface area contributed by atoms with Crippen molar-refractivity contribution in [2.75, 3.05) is 18.0 Å². The summed E-state index contributed by atoms with van der Waals surface area (Å²) < 4.78 is 0. The molecule has 0 aromatic carbocycles. The highest BCUT2D eigenvalue weighted by molar-refractivity contribution is 7.16. The molecule has 1 aliphatic rings. The number of aliphatic hydroxyl groups is 1. The van der Waals surface area contributed by atoms with Crippen molar-refractivity contribution in [3.05, 3.63) is 10.0 Å². The summed E-state index contributed by atoms with van der Waals surface area (Å²) in [5.41, 5.74) is 0. The van der Waals surface area contributed by atoms with Crippen molar-refractivity contribution in [2.45, 2.75) is 45.6 Å². The zero-order valence-electron chi connectivity index (χ0n) is 10.9. The fourth-order valence-corrected chi connectivity index (χ4v) is 3.78. The van der Waals surface area contributed by atoms with Gasteiger partial charge in [0, 0.05) is 13.1 Å². The first-order valence-corrected chi connectivity index (χ1v) is 7.95. The van der Waals surface area contributed by atoms with Crippen LogP contribution in [0.2, 0.25) is 5.15 Å². The van der Waals surface area contributed by atoms with Gasteiger partial charge in [-0.05, 0) is 25.2 Å². The number of rotatable bonds is 4. The standard InChI is InChI=1S/C13H21ClN2OS/c1-2-4-10-5-3-7-16(8-6-10)13-15-12(14)11(9-17)18-13/h10,17H,2-9H2,1H3. The van der Waals surface area contributed by atoms with Gasteiger partial charge in [0.25, 0.3) is 0 Å². The minimum absolute atomic E-state index is 0.0111. The van der Waals surface area contributed by atoms with Gasteiger partial charge < -0.3 is 10.0 Å². The van der Waals surface area contributed by atoms with E-state index in [2.05, 4.69) is 16.8 Å². The van der Waals surface area contributed by atoms with Crippen LogP contribution < -0.4 is 4.90 Å². The SMILES string of the molecule is CCCC1CCCN(c2nc(Cl)c(CO)s2)CC1. The molecule has 0 aliphatic carbocycles. The number of hydrogen-bond donors (Lipinski definition) is 1. The smallest absolute Gasteiger partial charge is 0.187 e. The summed E-state index contributed by atoms with van der Waals surface area (Å²) in [6.45, 7) is 4.38. The van der Waals surface area contributed by atoms with Crippen LogP contribution in [0.3, 0.4) is 0 Å². The Kier molecular flexibility index (Phi) is 5.27. The van der Waals surface area contributed by atoms with E-state index in [1.807, 2.05) is 0 Å². The monoisotopic (exact) mass is 288 g/mol. The highest BCUT2D eigenvalue weighted by Crippen LogP contribution is 2.32. The van der Waals surface area contributed by atoms with E-state index in [9.17, 15) is 0 Å². The van der Waals surface area contributed by atoms with Crippen LogP contribution in [0, 0.1) is 5.92 Å². The molecular formula is C13H21ClN2OS. The minimum Gasteiger partial charge on any atom is -0.391 e. The highest BCUT2D eigenvalue weighted by Gasteiger charge is 2.20. The summed E-state index contributed by atoms with van der Waals surface area (Å²) in [5.74, 6) is 0.868. The second-order valence-corrected chi connectivity index (χ2v) is 6.36. The van der Waals surface area contributed by atoms with E-state index < -0.39 is 0 Å². The molecule has 5 heteroatoms. The Morgan fingerprint density at radius 2 is 2.28 bits per heavy atom. The average Bonchev–Trinajstić information content (AvgIpc) is 2.59. The molecular weight excluding hydrogens is 268 g/mol. The number of aliphatic hydroxyl groups excluding tert-OH is 1. The molecule has 0 saturated carbocycles. The zero-order chi connectivity index (χ0) is 13.0. The third-order valence-corrected chi connectivity index (χ3v) is 5.12. The Balaban J connectivity index is 2.00. The lowest BCUT2D eigenvalue weighted by Gasteiger charge is -2.19. The van der Waals surface area contributed by atoms with Crippen LogP contribution in [-0.2, 0) is 6.61 Å². The van der Waals surface area contributed by atoms with Crippen LogP contribution in [0.4, 0.5) is 5.13 Å². The van der Waals surface area contributed by atoms with Gasteiger partial charge in [-0.15, -0.1) is 0 Å². The van der Waals surface area contributed by atoms with Crippen LogP contribution in [0.1, 0.15) is 43.9 Å². The Labute approximate surface area is 118 Å². The largest absolute Gasteiger partial charge is 0.391 e. The number of aromatic nitrogens is 1. The van der Waals surface area contributed by atoms with Gasteiger partial charge in [-0.25, -0.2) is 4.98 Å². The lowest BCUT2D eigenvalue weighted by Crippen LogP contribution is -2.23. The van der Waals surface area contributed by atoms with Crippen molar-refractivity contribution in [3.8, 4) is 0 Å². The average molecular weight is 289 g/mol. The number of anilines is 1. The van der Waals surface area contributed by atoms with Gasteiger partial charge in [-0.1, -0.05) is 42.7 Å². The number of halogens is 1. The van der Waals surface area contributed by atoms with Gasteiger partial charge in [-0.3, -0.25) is 0 Å². The summed E-state index contributed by atoms with van der Waals surface area (Å²) in [6.07, 6.45) is 6.43. The molecule has 0 bridgehead atoms. The molecule has 0 radical (unpaired) electrons. The van der Waals surface area contributed by atoms with E-state index in [-0.39, 0.29) is 6.61 Å². The van der Waals surface area contributed by atoms with Crippen molar-refractivity contribution in [3.63, 3.8) is 0 Å². The Hall–Kier alpha value is -0.320. The molecule has 18 heavy (non-hydrogen) atoms. The molecule has 1 N–H and O–H groups in total. The fourth-order valence-electron chi connectivity index (χ4n) is 2.61. The maximum Gasteiger partial charge on any atom is 0.187 e. The molecule has 1 aliphatic heterocycles. The van der Waals surface area contributed by atoms with Gasteiger partial charge in [0.15, 0.2) is 5.13 Å². The molecule has 1 fully saturated rings. The zero-order valence-corrected chi connectivity index (χ0v) is 12.4. The number of hydrogen-bond acceptors (Lipinski definition) is 4. The van der Waals surface area contributed by atoms with Gasteiger partial charge in [-0.2, -0.15) is 0 Å². The molecule has 2 rings (SSSR count). The number of nitrogens with zero attached hydrogens (tertiary/aromatic N) is 2. The first-order chi connectivity index (χ1) is 8.74. The third kappa shape index (κ3) is 3.37. The van der Waals surface area contributed by atoms with Crippen molar-refractivity contribution < 1.29 is 5.11 Å². The van der Waals surface area contributed by atoms with Gasteiger partial charge >= 0.3 is 0 Å². The van der Waals surface area contributed by atoms with Gasteiger partial charge in [0.05, 0.1) is 11.5 Å². The van der Waals surface area contributed by atoms with Crippen LogP contribution in [0.25, 0.3) is 0 Å². The molecule has 2 heterocycles. The molecule has 1 unspecified atom stereocenters. The molecule has 0 spiro atoms. The molecule has 102 valence electrons. The van der Waals surface area contributed by atoms with Gasteiger partial charge in [0.2, 0.25) is 0 Å². The Bertz CT molecular complexity index is 383. The first kappa shape index (κ1) is 14.1. The predicted octanol–water partition coefficient (Wildman–Crippen LogP) is 3.70. The molecule has 1 aromatic heterocycles. The van der Waals surface area contributed by atoms with Crippen LogP contribution in [-0.4, -0.2) is 23.2 Å². The molecule has 0 amide bonds. The lowest BCUT2D eigenvalue weighted by atomic mass is 9.96. The number of thiazole rings is 1. The van der Waals surface area contributed by atoms with E-state index in [0.717, 1.165) is 29.0 Å². The van der Waals surface area contributed by atoms with Crippen LogP contribution >= 0.6 is 22.9 Å². The fraction of sp³-hybridized carbons (Fsp3) is 0.769. The topological polar surface area (TPSA) is 36.4 Å². The summed E-state index contributed by atoms with van der Waals surface area (Å²) in [4.78, 5) is 7.47. The summed E-state index contributed by atoms with van der Waals surface area (Å²) in [6, 6.07) is 0. The summed E-state index contributed by atoms with van der Waals surface area (Å²) >= 11 is 7.52. The normalized spacial score (nSPS) is 21.1. The van der Waals surface area contributed by atoms with Crippen LogP contribution in [0.5, 0.6) is 0 Å². The second-order valence-electron chi connectivity index (χ2n) is 4.94. The maximum atomic E-state index is 9.17. The summed E-state index contributed by atoms with van der Waals surface area (Å²) in [7, 11) is 0. The maximum absolute atomic E-state index is 9.17. The van der Waals surface area contributed by atoms with Gasteiger partial charge in [0.1, 0.15) is 5.15 Å². The molecule has 3 nitrogen and oxygen atoms in total. The van der Waals surface area contributed by atoms with E-state index in [0.29, 0.717) is 5.15 Å². The van der Waals surface area contributed by atoms with E-state index in [1.165, 1.54) is 43.4 Å². The Morgan fingerprint density at radius 3 is 2.94 bits per heavy atom. The Morgan fingerprint density at radius 1 is 1.44 bits per heavy atom. The molecule has 1 atom stereocenters. The first-order valence-electron chi connectivity index (χ1n) is 6.75. The van der Waals surface area contributed by atoms with Crippen molar-refractivity contribution in [1.82, 2.24) is 4.98 Å². The molecule has 1 saturated heterocycles. The predicted molar refractivity (Wildman–Crippen MR) is 77.5 cm³/mol. The van der Waals surface area contributed by atoms with E-state index in [1.54, 1.807) is 0 Å². The lowest BCUT2D eigenvalue weighted by molar-refractivity contribution is 0.285. The quantitative estimate of drug-likeness (QED) is 0.918. The van der Waals surface area contributed by atoms with Crippen LogP contribution in [0.15, 0.2) is 0 Å². The molecule has 1 aromatic rings. The van der Waals surface area contributed by atoms with Crippen molar-refractivity contribution in [2.24, 2.45) is 5.92 Å². The third-order valence-electron chi connectivity index (χ3n) is 3.60. The summed E-state index contributed by atoms with van der Waals surface area (Å²) in [5, 5.41) is 10.6. The van der Waals surface area contributed by atoms with Crippen molar-refractivity contribution >= 4 is 28.1 Å². The van der Waals surface area contributed by atoms with E-state index in [4.69, 9.17) is 16.7 Å². The second kappa shape index (κ2) is 6.73.